The van der Waals surface area contributed by atoms with Gasteiger partial charge in [0.25, 0.3) is 12.4 Å². The zero-order valence-electron chi connectivity index (χ0n) is 19.5. The Morgan fingerprint density at radius 2 is 2.03 bits per heavy atom. The minimum Gasteiger partial charge on any atom is -0.497 e. The lowest BCUT2D eigenvalue weighted by Gasteiger charge is -2.57. The first-order valence-electron chi connectivity index (χ1n) is 11.8. The van der Waals surface area contributed by atoms with Crippen LogP contribution in [-0.2, 0) is 18.3 Å². The lowest BCUT2D eigenvalue weighted by molar-refractivity contribution is -0.122. The molecule has 2 aromatic rings. The Balaban J connectivity index is 0.000000821. The molecule has 4 atom stereocenters. The highest BCUT2D eigenvalue weighted by Gasteiger charge is 2.48. The van der Waals surface area contributed by atoms with Crippen molar-refractivity contribution in [2.24, 2.45) is 18.9 Å². The van der Waals surface area contributed by atoms with Crippen LogP contribution in [-0.4, -0.2) is 75.9 Å². The van der Waals surface area contributed by atoms with Crippen molar-refractivity contribution in [1.29, 1.82) is 0 Å². The molecule has 0 saturated carbocycles. The number of carbonyl (C=O) groups is 2. The molecule has 1 N–H and O–H groups in total. The molecule has 4 heterocycles. The van der Waals surface area contributed by atoms with E-state index in [-0.39, 0.29) is 12.4 Å². The Labute approximate surface area is 195 Å². The number of hydrogen-bond donors (Lipinski definition) is 1. The Bertz CT molecular complexity index is 961. The summed E-state index contributed by atoms with van der Waals surface area (Å²) in [5, 5.41) is 11.1. The maximum atomic E-state index is 13.3. The first-order chi connectivity index (χ1) is 16.0. The third-order valence-corrected chi connectivity index (χ3v) is 7.53. The second kappa shape index (κ2) is 10.4. The van der Waals surface area contributed by atoms with E-state index in [9.17, 15) is 4.79 Å². The smallest absolute Gasteiger partial charge is 0.290 e. The summed E-state index contributed by atoms with van der Waals surface area (Å²) in [5.74, 6) is 2.16. The van der Waals surface area contributed by atoms with Crippen molar-refractivity contribution in [3.63, 3.8) is 0 Å². The van der Waals surface area contributed by atoms with E-state index in [0.717, 1.165) is 25.3 Å². The molecule has 1 aromatic carbocycles. The Morgan fingerprint density at radius 3 is 2.76 bits per heavy atom. The molecular formula is C25H34N4O4. The van der Waals surface area contributed by atoms with Crippen LogP contribution in [0.3, 0.4) is 0 Å². The Kier molecular flexibility index (Phi) is 7.33. The van der Waals surface area contributed by atoms with Gasteiger partial charge in [0.2, 0.25) is 0 Å². The first kappa shape index (κ1) is 23.3. The average molecular weight is 455 g/mol. The van der Waals surface area contributed by atoms with Crippen LogP contribution in [0.4, 0.5) is 0 Å². The SMILES string of the molecule is COc1cccc(C[C@H]2[C@H]3C[C@H](CN(C(=O)c4ccnn4C)C3)[C@@H]3CCCCN32)c1.O=CO. The molecule has 33 heavy (non-hydrogen) atoms. The van der Waals surface area contributed by atoms with Gasteiger partial charge in [0.15, 0.2) is 0 Å². The number of piperidine rings is 3. The molecule has 8 heteroatoms. The second-order valence-corrected chi connectivity index (χ2v) is 9.34. The van der Waals surface area contributed by atoms with Crippen LogP contribution in [0.1, 0.15) is 41.7 Å². The summed E-state index contributed by atoms with van der Waals surface area (Å²) in [6, 6.07) is 11.4. The number of rotatable bonds is 4. The molecule has 0 radical (unpaired) electrons. The van der Waals surface area contributed by atoms with E-state index >= 15 is 0 Å². The highest BCUT2D eigenvalue weighted by molar-refractivity contribution is 5.92. The third-order valence-electron chi connectivity index (χ3n) is 7.53. The number of hydrogen-bond acceptors (Lipinski definition) is 5. The topological polar surface area (TPSA) is 87.9 Å². The number of amides is 1. The fourth-order valence-electron chi connectivity index (χ4n) is 6.14. The molecule has 1 aromatic heterocycles. The number of benzene rings is 1. The van der Waals surface area contributed by atoms with Gasteiger partial charge in [-0.05, 0) is 67.8 Å². The van der Waals surface area contributed by atoms with Gasteiger partial charge in [-0.3, -0.25) is 19.2 Å². The molecule has 3 aliphatic heterocycles. The van der Waals surface area contributed by atoms with E-state index in [1.807, 2.05) is 19.2 Å². The summed E-state index contributed by atoms with van der Waals surface area (Å²) in [5.41, 5.74) is 2.03. The van der Waals surface area contributed by atoms with Gasteiger partial charge in [-0.15, -0.1) is 0 Å². The third kappa shape index (κ3) is 4.90. The van der Waals surface area contributed by atoms with Gasteiger partial charge in [0.05, 0.1) is 7.11 Å². The molecule has 178 valence electrons. The van der Waals surface area contributed by atoms with Gasteiger partial charge < -0.3 is 14.7 Å². The molecule has 3 aliphatic rings. The van der Waals surface area contributed by atoms with E-state index in [2.05, 4.69) is 33.1 Å². The van der Waals surface area contributed by atoms with Crippen molar-refractivity contribution in [1.82, 2.24) is 19.6 Å². The van der Waals surface area contributed by atoms with Crippen LogP contribution in [0.5, 0.6) is 5.75 Å². The van der Waals surface area contributed by atoms with E-state index in [4.69, 9.17) is 14.6 Å². The minimum absolute atomic E-state index is 0.133. The molecule has 0 unspecified atom stereocenters. The van der Waals surface area contributed by atoms with Gasteiger partial charge in [-0.1, -0.05) is 18.6 Å². The molecule has 0 spiro atoms. The molecule has 8 nitrogen and oxygen atoms in total. The fourth-order valence-corrected chi connectivity index (χ4v) is 6.14. The maximum Gasteiger partial charge on any atom is 0.290 e. The molecular weight excluding hydrogens is 420 g/mol. The molecule has 3 fully saturated rings. The van der Waals surface area contributed by atoms with E-state index in [1.54, 1.807) is 18.0 Å². The predicted octanol–water partition coefficient (Wildman–Crippen LogP) is 2.69. The molecule has 0 aliphatic carbocycles. The normalized spacial score (nSPS) is 26.5. The predicted molar refractivity (Wildman–Crippen MR) is 124 cm³/mol. The highest BCUT2D eigenvalue weighted by atomic mass is 16.5. The number of carboxylic acid groups (broad SMARTS) is 1. The molecule has 1 amide bonds. The van der Waals surface area contributed by atoms with Gasteiger partial charge in [-0.2, -0.15) is 5.10 Å². The zero-order chi connectivity index (χ0) is 23.4. The summed E-state index contributed by atoms with van der Waals surface area (Å²) in [6.45, 7) is 2.67. The van der Waals surface area contributed by atoms with Crippen molar-refractivity contribution < 1.29 is 19.4 Å². The highest BCUT2D eigenvalue weighted by Crippen LogP contribution is 2.42. The number of aryl methyl sites for hydroxylation is 1. The molecule has 5 rings (SSSR count). The van der Waals surface area contributed by atoms with Crippen LogP contribution in [0.15, 0.2) is 36.5 Å². The van der Waals surface area contributed by atoms with E-state index in [1.165, 1.54) is 37.8 Å². The van der Waals surface area contributed by atoms with Crippen molar-refractivity contribution in [2.45, 2.75) is 44.2 Å². The lowest BCUT2D eigenvalue weighted by Crippen LogP contribution is -2.64. The summed E-state index contributed by atoms with van der Waals surface area (Å²) >= 11 is 0. The fraction of sp³-hybridized carbons (Fsp3) is 0.560. The number of fused-ring (bicyclic) bond motifs is 4. The van der Waals surface area contributed by atoms with E-state index < -0.39 is 0 Å². The molecule has 3 saturated heterocycles. The monoisotopic (exact) mass is 454 g/mol. The van der Waals surface area contributed by atoms with Crippen molar-refractivity contribution in [3.05, 3.63) is 47.8 Å². The van der Waals surface area contributed by atoms with Crippen LogP contribution in [0.2, 0.25) is 0 Å². The Hall–Kier alpha value is -2.87. The number of aromatic nitrogens is 2. The largest absolute Gasteiger partial charge is 0.497 e. The first-order valence-corrected chi connectivity index (χ1v) is 11.8. The zero-order valence-corrected chi connectivity index (χ0v) is 19.5. The van der Waals surface area contributed by atoms with Crippen LogP contribution in [0, 0.1) is 11.8 Å². The summed E-state index contributed by atoms with van der Waals surface area (Å²) in [4.78, 5) is 26.5. The van der Waals surface area contributed by atoms with Crippen molar-refractivity contribution in [3.8, 4) is 5.75 Å². The van der Waals surface area contributed by atoms with Gasteiger partial charge >= 0.3 is 0 Å². The Morgan fingerprint density at radius 1 is 1.24 bits per heavy atom. The van der Waals surface area contributed by atoms with Gasteiger partial charge in [0, 0.05) is 38.4 Å². The van der Waals surface area contributed by atoms with Crippen molar-refractivity contribution >= 4 is 12.4 Å². The van der Waals surface area contributed by atoms with E-state index in [0.29, 0.717) is 29.6 Å². The van der Waals surface area contributed by atoms with Crippen LogP contribution < -0.4 is 4.74 Å². The summed E-state index contributed by atoms with van der Waals surface area (Å²) < 4.78 is 7.16. The summed E-state index contributed by atoms with van der Waals surface area (Å²) in [7, 11) is 3.58. The van der Waals surface area contributed by atoms with Crippen LogP contribution in [0.25, 0.3) is 0 Å². The average Bonchev–Trinajstić information content (AvgIpc) is 3.27. The number of likely N-dealkylation sites (tertiary alicyclic amines) is 1. The number of nitrogens with zero attached hydrogens (tertiary/aromatic N) is 4. The number of ether oxygens (including phenoxy) is 1. The minimum atomic E-state index is -0.250. The van der Waals surface area contributed by atoms with Crippen molar-refractivity contribution in [2.75, 3.05) is 26.7 Å². The maximum absolute atomic E-state index is 13.3. The van der Waals surface area contributed by atoms with Gasteiger partial charge in [0.1, 0.15) is 11.4 Å². The van der Waals surface area contributed by atoms with Gasteiger partial charge in [-0.25, -0.2) is 0 Å². The number of carbonyl (C=O) groups excluding carboxylic acids is 1. The number of methoxy groups -OCH3 is 1. The van der Waals surface area contributed by atoms with Crippen LogP contribution >= 0.6 is 0 Å². The molecule has 2 bridgehead atoms. The summed E-state index contributed by atoms with van der Waals surface area (Å²) in [6.07, 6.45) is 7.85. The standard InChI is InChI=1S/C24H32N4O2.CH2O2/c1-26-22(9-10-25-26)24(29)27-15-18-14-19(16-27)23(28-11-4-3-8-21(18)28)13-17-6-5-7-20(12-17)30-2;2-1-3/h5-7,9-10,12,18-19,21,23H,3-4,8,11,13-16H2,1-2H3;1H,(H,2,3)/t18-,19+,21+,23+;/m1./s1. The lowest BCUT2D eigenvalue weighted by atomic mass is 9.71. The quantitative estimate of drug-likeness (QED) is 0.715. The second-order valence-electron chi connectivity index (χ2n) is 9.34.